The van der Waals surface area contributed by atoms with Crippen molar-refractivity contribution in [3.05, 3.63) is 65.7 Å². The molecule has 140 valence electrons. The largest absolute Gasteiger partial charge is 0.497 e. The molecule has 1 unspecified atom stereocenters. The quantitative estimate of drug-likeness (QED) is 0.565. The van der Waals surface area contributed by atoms with E-state index in [1.165, 1.54) is 11.1 Å². The number of aliphatic imine (C=N–C) groups is 1. The molecule has 0 heterocycles. The van der Waals surface area contributed by atoms with Crippen LogP contribution in [0.15, 0.2) is 59.6 Å². The predicted octanol–water partition coefficient (Wildman–Crippen LogP) is 2.71. The summed E-state index contributed by atoms with van der Waals surface area (Å²) in [7, 11) is 7.68. The zero-order chi connectivity index (χ0) is 18.8. The van der Waals surface area contributed by atoms with Gasteiger partial charge in [-0.05, 0) is 43.8 Å². The van der Waals surface area contributed by atoms with E-state index >= 15 is 0 Å². The highest BCUT2D eigenvalue weighted by atomic mass is 16.5. The highest BCUT2D eigenvalue weighted by molar-refractivity contribution is 5.79. The van der Waals surface area contributed by atoms with Gasteiger partial charge in [-0.1, -0.05) is 42.5 Å². The Morgan fingerprint density at radius 3 is 2.31 bits per heavy atom. The van der Waals surface area contributed by atoms with Gasteiger partial charge < -0.3 is 20.3 Å². The second-order valence-corrected chi connectivity index (χ2v) is 6.37. The molecule has 26 heavy (non-hydrogen) atoms. The number of ether oxygens (including phenoxy) is 1. The maximum atomic E-state index is 5.19. The van der Waals surface area contributed by atoms with Gasteiger partial charge >= 0.3 is 0 Å². The standard InChI is InChI=1S/C21H30N4O/c1-22-21(23-15-14-17-10-12-19(26-4)13-11-17)24-16-20(25(2)3)18-8-6-5-7-9-18/h5-13,20H,14-16H2,1-4H3,(H2,22,23,24). The lowest BCUT2D eigenvalue weighted by atomic mass is 10.1. The second-order valence-electron chi connectivity index (χ2n) is 6.37. The fourth-order valence-corrected chi connectivity index (χ4v) is 2.81. The first-order valence-electron chi connectivity index (χ1n) is 8.93. The molecule has 0 aromatic heterocycles. The molecule has 0 saturated heterocycles. The van der Waals surface area contributed by atoms with Crippen LogP contribution in [0.3, 0.4) is 0 Å². The van der Waals surface area contributed by atoms with Crippen LogP contribution < -0.4 is 15.4 Å². The molecule has 0 aliphatic rings. The topological polar surface area (TPSA) is 48.9 Å². The first-order valence-corrected chi connectivity index (χ1v) is 8.93. The number of benzene rings is 2. The Bertz CT molecular complexity index is 668. The molecule has 5 heteroatoms. The normalized spacial score (nSPS) is 12.7. The van der Waals surface area contributed by atoms with Crippen molar-refractivity contribution in [2.75, 3.05) is 41.3 Å². The second kappa shape index (κ2) is 10.5. The molecular formula is C21H30N4O. The Morgan fingerprint density at radius 2 is 1.73 bits per heavy atom. The average molecular weight is 354 g/mol. The summed E-state index contributed by atoms with van der Waals surface area (Å²) >= 11 is 0. The summed E-state index contributed by atoms with van der Waals surface area (Å²) in [4.78, 5) is 6.54. The minimum atomic E-state index is 0.288. The minimum absolute atomic E-state index is 0.288. The lowest BCUT2D eigenvalue weighted by Crippen LogP contribution is -2.42. The molecule has 5 nitrogen and oxygen atoms in total. The number of likely N-dealkylation sites (N-methyl/N-ethyl adjacent to an activating group) is 1. The molecule has 0 bridgehead atoms. The summed E-state index contributed by atoms with van der Waals surface area (Å²) < 4.78 is 5.19. The van der Waals surface area contributed by atoms with Crippen molar-refractivity contribution in [1.29, 1.82) is 0 Å². The van der Waals surface area contributed by atoms with Crippen LogP contribution in [-0.4, -0.2) is 52.2 Å². The summed E-state index contributed by atoms with van der Waals surface area (Å²) in [5, 5.41) is 6.81. The third-order valence-corrected chi connectivity index (χ3v) is 4.36. The molecular weight excluding hydrogens is 324 g/mol. The van der Waals surface area contributed by atoms with E-state index < -0.39 is 0 Å². The van der Waals surface area contributed by atoms with Crippen LogP contribution >= 0.6 is 0 Å². The van der Waals surface area contributed by atoms with Crippen molar-refractivity contribution in [1.82, 2.24) is 15.5 Å². The number of rotatable bonds is 8. The van der Waals surface area contributed by atoms with Gasteiger partial charge in [0.05, 0.1) is 13.2 Å². The van der Waals surface area contributed by atoms with Gasteiger partial charge in [0.25, 0.3) is 0 Å². The Labute approximate surface area is 157 Å². The summed E-state index contributed by atoms with van der Waals surface area (Å²) in [6.07, 6.45) is 0.931. The van der Waals surface area contributed by atoms with E-state index in [2.05, 4.69) is 71.0 Å². The summed E-state index contributed by atoms with van der Waals surface area (Å²) in [6.45, 7) is 1.61. The van der Waals surface area contributed by atoms with Gasteiger partial charge in [0.1, 0.15) is 5.75 Å². The molecule has 2 N–H and O–H groups in total. The number of nitrogens with zero attached hydrogens (tertiary/aromatic N) is 2. The fraction of sp³-hybridized carbons (Fsp3) is 0.381. The number of guanidine groups is 1. The van der Waals surface area contributed by atoms with Crippen LogP contribution in [0.4, 0.5) is 0 Å². The SMILES string of the molecule is CN=C(NCCc1ccc(OC)cc1)NCC(c1ccccc1)N(C)C. The first kappa shape index (κ1) is 19.8. The lowest BCUT2D eigenvalue weighted by molar-refractivity contribution is 0.298. The van der Waals surface area contributed by atoms with Gasteiger partial charge in [-0.2, -0.15) is 0 Å². The van der Waals surface area contributed by atoms with E-state index in [1.807, 2.05) is 18.2 Å². The monoisotopic (exact) mass is 354 g/mol. The number of hydrogen-bond donors (Lipinski definition) is 2. The van der Waals surface area contributed by atoms with Crippen LogP contribution in [0.25, 0.3) is 0 Å². The molecule has 0 radical (unpaired) electrons. The van der Waals surface area contributed by atoms with E-state index in [0.29, 0.717) is 0 Å². The Kier molecular flexibility index (Phi) is 7.96. The minimum Gasteiger partial charge on any atom is -0.497 e. The highest BCUT2D eigenvalue weighted by Crippen LogP contribution is 2.16. The van der Waals surface area contributed by atoms with Crippen molar-refractivity contribution in [2.24, 2.45) is 4.99 Å². The van der Waals surface area contributed by atoms with Gasteiger partial charge in [0.15, 0.2) is 5.96 Å². The molecule has 0 saturated carbocycles. The molecule has 2 rings (SSSR count). The van der Waals surface area contributed by atoms with Crippen molar-refractivity contribution >= 4 is 5.96 Å². The zero-order valence-corrected chi connectivity index (χ0v) is 16.2. The molecule has 0 spiro atoms. The molecule has 0 fully saturated rings. The zero-order valence-electron chi connectivity index (χ0n) is 16.2. The molecule has 0 aliphatic carbocycles. The van der Waals surface area contributed by atoms with Gasteiger partial charge in [0.2, 0.25) is 0 Å². The van der Waals surface area contributed by atoms with Gasteiger partial charge in [0, 0.05) is 20.1 Å². The first-order chi connectivity index (χ1) is 12.6. The van der Waals surface area contributed by atoms with Crippen LogP contribution in [0.1, 0.15) is 17.2 Å². The van der Waals surface area contributed by atoms with Gasteiger partial charge in [-0.15, -0.1) is 0 Å². The van der Waals surface area contributed by atoms with Gasteiger partial charge in [-0.3, -0.25) is 4.99 Å². The number of methoxy groups -OCH3 is 1. The maximum absolute atomic E-state index is 5.19. The summed E-state index contributed by atoms with van der Waals surface area (Å²) in [6, 6.07) is 19.0. The van der Waals surface area contributed by atoms with Crippen LogP contribution in [0.2, 0.25) is 0 Å². The van der Waals surface area contributed by atoms with Crippen molar-refractivity contribution < 1.29 is 4.74 Å². The van der Waals surface area contributed by atoms with Crippen LogP contribution in [0, 0.1) is 0 Å². The fourth-order valence-electron chi connectivity index (χ4n) is 2.81. The van der Waals surface area contributed by atoms with E-state index in [1.54, 1.807) is 14.2 Å². The smallest absolute Gasteiger partial charge is 0.191 e. The van der Waals surface area contributed by atoms with E-state index in [4.69, 9.17) is 4.74 Å². The van der Waals surface area contributed by atoms with Gasteiger partial charge in [-0.25, -0.2) is 0 Å². The highest BCUT2D eigenvalue weighted by Gasteiger charge is 2.14. The molecule has 1 atom stereocenters. The van der Waals surface area contributed by atoms with E-state index in [9.17, 15) is 0 Å². The Morgan fingerprint density at radius 1 is 1.04 bits per heavy atom. The van der Waals surface area contributed by atoms with Crippen LogP contribution in [0.5, 0.6) is 5.75 Å². The molecule has 2 aromatic rings. The maximum Gasteiger partial charge on any atom is 0.191 e. The number of hydrogen-bond acceptors (Lipinski definition) is 3. The molecule has 0 aliphatic heterocycles. The van der Waals surface area contributed by atoms with E-state index in [-0.39, 0.29) is 6.04 Å². The summed E-state index contributed by atoms with van der Waals surface area (Å²) in [5.74, 6) is 1.70. The van der Waals surface area contributed by atoms with E-state index in [0.717, 1.165) is 31.2 Å². The van der Waals surface area contributed by atoms with Crippen molar-refractivity contribution in [3.63, 3.8) is 0 Å². The lowest BCUT2D eigenvalue weighted by Gasteiger charge is -2.26. The Hall–Kier alpha value is -2.53. The van der Waals surface area contributed by atoms with Crippen molar-refractivity contribution in [3.8, 4) is 5.75 Å². The average Bonchev–Trinajstić information content (AvgIpc) is 2.68. The number of nitrogens with one attached hydrogen (secondary N) is 2. The third kappa shape index (κ3) is 6.08. The van der Waals surface area contributed by atoms with Crippen molar-refractivity contribution in [2.45, 2.75) is 12.5 Å². The molecule has 0 amide bonds. The summed E-state index contributed by atoms with van der Waals surface area (Å²) in [5.41, 5.74) is 2.56. The predicted molar refractivity (Wildman–Crippen MR) is 109 cm³/mol. The molecule has 2 aromatic carbocycles. The Balaban J connectivity index is 1.82. The van der Waals surface area contributed by atoms with Crippen LogP contribution in [-0.2, 0) is 6.42 Å². The third-order valence-electron chi connectivity index (χ3n) is 4.36.